The van der Waals surface area contributed by atoms with Crippen molar-refractivity contribution in [1.29, 1.82) is 0 Å². The summed E-state index contributed by atoms with van der Waals surface area (Å²) in [6, 6.07) is 1.77. The molecule has 1 saturated carbocycles. The highest BCUT2D eigenvalue weighted by atomic mass is 35.5. The van der Waals surface area contributed by atoms with Crippen molar-refractivity contribution in [2.75, 3.05) is 0 Å². The standard InChI is InChI=1S/C12H14Cl2O2S/c13-9-6-8(10(14)17-9)7-12(11(15)16)4-2-1-3-5-12/h6H,1-5,7H2,(H,15,16)/p-1. The SMILES string of the molecule is O=C([O-])C1(Cc2cc(Cl)sc2Cl)CCCCC1. The summed E-state index contributed by atoms with van der Waals surface area (Å²) in [5, 5.41) is 11.4. The lowest BCUT2D eigenvalue weighted by Gasteiger charge is -2.38. The number of carbonyl (C=O) groups excluding carboxylic acids is 1. The Morgan fingerprint density at radius 1 is 1.35 bits per heavy atom. The van der Waals surface area contributed by atoms with Crippen molar-refractivity contribution in [3.8, 4) is 0 Å². The zero-order valence-corrected chi connectivity index (χ0v) is 11.6. The summed E-state index contributed by atoms with van der Waals surface area (Å²) in [6.07, 6.45) is 4.80. The number of carbonyl (C=O) groups is 1. The van der Waals surface area contributed by atoms with Crippen LogP contribution in [0, 0.1) is 5.41 Å². The first kappa shape index (κ1) is 13.2. The molecule has 0 radical (unpaired) electrons. The number of hydrogen-bond acceptors (Lipinski definition) is 3. The molecule has 1 aromatic heterocycles. The average molecular weight is 292 g/mol. The molecule has 1 heterocycles. The van der Waals surface area contributed by atoms with Crippen molar-refractivity contribution in [2.24, 2.45) is 5.41 Å². The molecule has 94 valence electrons. The maximum Gasteiger partial charge on any atom is 0.0976 e. The van der Waals surface area contributed by atoms with Gasteiger partial charge in [-0.3, -0.25) is 0 Å². The third-order valence-corrected chi connectivity index (χ3v) is 5.07. The van der Waals surface area contributed by atoms with Crippen LogP contribution in [-0.2, 0) is 11.2 Å². The summed E-state index contributed by atoms with van der Waals surface area (Å²) in [6.45, 7) is 0. The van der Waals surface area contributed by atoms with Crippen LogP contribution in [0.5, 0.6) is 0 Å². The quantitative estimate of drug-likeness (QED) is 0.857. The van der Waals surface area contributed by atoms with Crippen LogP contribution < -0.4 is 5.11 Å². The summed E-state index contributed by atoms with van der Waals surface area (Å²) >= 11 is 13.2. The molecule has 0 amide bonds. The molecule has 2 rings (SSSR count). The molecule has 1 aromatic rings. The van der Waals surface area contributed by atoms with Crippen molar-refractivity contribution in [2.45, 2.75) is 38.5 Å². The van der Waals surface area contributed by atoms with Crippen LogP contribution in [0.15, 0.2) is 6.07 Å². The van der Waals surface area contributed by atoms with Crippen molar-refractivity contribution in [1.82, 2.24) is 0 Å². The molecule has 1 fully saturated rings. The van der Waals surface area contributed by atoms with Gasteiger partial charge in [0, 0.05) is 11.4 Å². The van der Waals surface area contributed by atoms with Crippen LogP contribution in [0.3, 0.4) is 0 Å². The first-order valence-corrected chi connectivity index (χ1v) is 7.26. The third-order valence-electron chi connectivity index (χ3n) is 3.50. The number of carboxylic acid groups (broad SMARTS) is 1. The van der Waals surface area contributed by atoms with E-state index < -0.39 is 11.4 Å². The molecule has 0 saturated heterocycles. The summed E-state index contributed by atoms with van der Waals surface area (Å²) < 4.78 is 1.20. The lowest BCUT2D eigenvalue weighted by atomic mass is 9.71. The second-order valence-corrected chi connectivity index (χ2v) is 6.94. The van der Waals surface area contributed by atoms with E-state index in [4.69, 9.17) is 23.2 Å². The highest BCUT2D eigenvalue weighted by Crippen LogP contribution is 2.42. The van der Waals surface area contributed by atoms with Gasteiger partial charge >= 0.3 is 0 Å². The Balaban J connectivity index is 2.23. The molecule has 0 atom stereocenters. The van der Waals surface area contributed by atoms with Gasteiger partial charge in [0.05, 0.1) is 8.67 Å². The molecule has 0 aliphatic heterocycles. The minimum atomic E-state index is -0.949. The van der Waals surface area contributed by atoms with Crippen LogP contribution in [0.2, 0.25) is 8.67 Å². The lowest BCUT2D eigenvalue weighted by molar-refractivity contribution is -0.321. The van der Waals surface area contributed by atoms with Gasteiger partial charge in [-0.1, -0.05) is 42.5 Å². The van der Waals surface area contributed by atoms with Crippen LogP contribution in [0.4, 0.5) is 0 Å². The number of rotatable bonds is 3. The minimum Gasteiger partial charge on any atom is -0.550 e. The largest absolute Gasteiger partial charge is 0.550 e. The van der Waals surface area contributed by atoms with Crippen molar-refractivity contribution < 1.29 is 9.90 Å². The van der Waals surface area contributed by atoms with Gasteiger partial charge in [0.1, 0.15) is 0 Å². The maximum atomic E-state index is 11.4. The van der Waals surface area contributed by atoms with E-state index in [2.05, 4.69) is 0 Å². The Kier molecular flexibility index (Phi) is 4.01. The van der Waals surface area contributed by atoms with E-state index in [0.29, 0.717) is 27.9 Å². The van der Waals surface area contributed by atoms with Gasteiger partial charge in [-0.25, -0.2) is 0 Å². The molecule has 0 bridgehead atoms. The molecule has 0 N–H and O–H groups in total. The van der Waals surface area contributed by atoms with Gasteiger partial charge < -0.3 is 9.90 Å². The maximum absolute atomic E-state index is 11.4. The first-order chi connectivity index (χ1) is 8.03. The summed E-state index contributed by atoms with van der Waals surface area (Å²) in [7, 11) is 0. The Bertz CT molecular complexity index is 422. The predicted octanol–water partition coefficient (Wildman–Crippen LogP) is 3.30. The van der Waals surface area contributed by atoms with E-state index in [1.54, 1.807) is 6.07 Å². The Labute approximate surface area is 115 Å². The number of thiophene rings is 1. The second kappa shape index (κ2) is 5.17. The van der Waals surface area contributed by atoms with Gasteiger partial charge in [-0.15, -0.1) is 11.3 Å². The molecule has 0 aromatic carbocycles. The Morgan fingerprint density at radius 3 is 2.47 bits per heavy atom. The van der Waals surface area contributed by atoms with E-state index in [1.807, 2.05) is 0 Å². The van der Waals surface area contributed by atoms with Crippen LogP contribution in [0.25, 0.3) is 0 Å². The molecule has 1 aliphatic carbocycles. The van der Waals surface area contributed by atoms with Crippen LogP contribution in [-0.4, -0.2) is 5.97 Å². The molecule has 2 nitrogen and oxygen atoms in total. The van der Waals surface area contributed by atoms with Crippen molar-refractivity contribution in [3.63, 3.8) is 0 Å². The zero-order valence-electron chi connectivity index (χ0n) is 9.30. The number of carboxylic acids is 1. The third kappa shape index (κ3) is 2.78. The van der Waals surface area contributed by atoms with Gasteiger partial charge in [0.2, 0.25) is 0 Å². The van der Waals surface area contributed by atoms with E-state index in [9.17, 15) is 9.90 Å². The van der Waals surface area contributed by atoms with E-state index in [-0.39, 0.29) is 0 Å². The smallest absolute Gasteiger partial charge is 0.0976 e. The fraction of sp³-hybridized carbons (Fsp3) is 0.583. The molecular formula is C12H13Cl2O2S-. The van der Waals surface area contributed by atoms with Gasteiger partial charge in [-0.05, 0) is 30.9 Å². The molecular weight excluding hydrogens is 279 g/mol. The molecule has 5 heteroatoms. The Morgan fingerprint density at radius 2 is 2.00 bits per heavy atom. The first-order valence-electron chi connectivity index (χ1n) is 5.69. The monoisotopic (exact) mass is 291 g/mol. The normalized spacial score (nSPS) is 19.2. The zero-order chi connectivity index (χ0) is 12.5. The number of hydrogen-bond donors (Lipinski definition) is 0. The highest BCUT2D eigenvalue weighted by molar-refractivity contribution is 7.20. The van der Waals surface area contributed by atoms with Gasteiger partial charge in [0.25, 0.3) is 0 Å². The highest BCUT2D eigenvalue weighted by Gasteiger charge is 2.34. The Hall–Kier alpha value is -0.250. The van der Waals surface area contributed by atoms with Crippen LogP contribution in [0.1, 0.15) is 37.7 Å². The molecule has 0 unspecified atom stereocenters. The minimum absolute atomic E-state index is 0.442. The van der Waals surface area contributed by atoms with Crippen molar-refractivity contribution in [3.05, 3.63) is 20.3 Å². The average Bonchev–Trinajstić information content (AvgIpc) is 2.58. The van der Waals surface area contributed by atoms with Crippen molar-refractivity contribution >= 4 is 40.5 Å². The molecule has 0 spiro atoms. The lowest BCUT2D eigenvalue weighted by Crippen LogP contribution is -2.45. The van der Waals surface area contributed by atoms with Crippen LogP contribution >= 0.6 is 34.5 Å². The number of halogens is 2. The van der Waals surface area contributed by atoms with E-state index in [1.165, 1.54) is 11.3 Å². The summed E-state index contributed by atoms with van der Waals surface area (Å²) in [4.78, 5) is 11.4. The molecule has 17 heavy (non-hydrogen) atoms. The van der Waals surface area contributed by atoms with Gasteiger partial charge in [0.15, 0.2) is 0 Å². The second-order valence-electron chi connectivity index (χ2n) is 4.65. The summed E-state index contributed by atoms with van der Waals surface area (Å²) in [5.41, 5.74) is 0.0968. The fourth-order valence-corrected chi connectivity index (χ4v) is 4.03. The van der Waals surface area contributed by atoms with E-state index >= 15 is 0 Å². The number of aliphatic carboxylic acids is 1. The molecule has 1 aliphatic rings. The van der Waals surface area contributed by atoms with Gasteiger partial charge in [-0.2, -0.15) is 0 Å². The fourth-order valence-electron chi connectivity index (χ4n) is 2.54. The summed E-state index contributed by atoms with van der Waals surface area (Å²) in [5.74, 6) is -0.949. The predicted molar refractivity (Wildman–Crippen MR) is 68.6 cm³/mol. The topological polar surface area (TPSA) is 40.1 Å². The van der Waals surface area contributed by atoms with E-state index in [0.717, 1.165) is 24.8 Å².